The molecule has 0 aliphatic rings. The summed E-state index contributed by atoms with van der Waals surface area (Å²) in [6, 6.07) is 7.52. The number of urea groups is 1. The van der Waals surface area contributed by atoms with Gasteiger partial charge in [-0.15, -0.1) is 0 Å². The molecule has 2 heterocycles. The molecule has 0 saturated heterocycles. The van der Waals surface area contributed by atoms with Crippen molar-refractivity contribution in [3.8, 4) is 0 Å². The molecule has 0 bridgehead atoms. The molecular formula is C16H17N5O2. The summed E-state index contributed by atoms with van der Waals surface area (Å²) in [4.78, 5) is 22.3. The summed E-state index contributed by atoms with van der Waals surface area (Å²) < 4.78 is 4.91. The van der Waals surface area contributed by atoms with E-state index in [0.29, 0.717) is 17.4 Å². The van der Waals surface area contributed by atoms with Crippen LogP contribution in [0.5, 0.6) is 0 Å². The van der Waals surface area contributed by atoms with Crippen LogP contribution in [0.25, 0.3) is 10.9 Å². The minimum atomic E-state index is -0.259. The van der Waals surface area contributed by atoms with E-state index in [1.165, 1.54) is 4.90 Å². The number of anilines is 1. The van der Waals surface area contributed by atoms with Gasteiger partial charge in [0.2, 0.25) is 5.89 Å². The van der Waals surface area contributed by atoms with Crippen LogP contribution in [0.2, 0.25) is 0 Å². The summed E-state index contributed by atoms with van der Waals surface area (Å²) >= 11 is 0. The highest BCUT2D eigenvalue weighted by Gasteiger charge is 2.14. The summed E-state index contributed by atoms with van der Waals surface area (Å²) in [5, 5.41) is 7.67. The fourth-order valence-corrected chi connectivity index (χ4v) is 2.34. The molecule has 3 aromatic rings. The van der Waals surface area contributed by atoms with Crippen LogP contribution < -0.4 is 5.32 Å². The lowest BCUT2D eigenvalue weighted by atomic mass is 10.1. The second-order valence-corrected chi connectivity index (χ2v) is 5.40. The summed E-state index contributed by atoms with van der Waals surface area (Å²) in [5.41, 5.74) is 2.49. The summed E-state index contributed by atoms with van der Waals surface area (Å²) in [7, 11) is 1.67. The Balaban J connectivity index is 1.79. The summed E-state index contributed by atoms with van der Waals surface area (Å²) in [5.74, 6) is 0.940. The Labute approximate surface area is 133 Å². The smallest absolute Gasteiger partial charge is 0.322 e. The van der Waals surface area contributed by atoms with Crippen LogP contribution in [-0.4, -0.2) is 33.1 Å². The molecule has 0 aliphatic carbocycles. The lowest BCUT2D eigenvalue weighted by molar-refractivity contribution is 0.219. The maximum atomic E-state index is 12.4. The number of hydrogen-bond donors (Lipinski definition) is 1. The molecule has 0 saturated carbocycles. The van der Waals surface area contributed by atoms with Crippen molar-refractivity contribution in [1.29, 1.82) is 0 Å². The number of aryl methyl sites for hydroxylation is 2. The van der Waals surface area contributed by atoms with E-state index in [9.17, 15) is 4.79 Å². The van der Waals surface area contributed by atoms with Crippen molar-refractivity contribution in [2.45, 2.75) is 20.4 Å². The Morgan fingerprint density at radius 2 is 2.17 bits per heavy atom. The number of nitrogens with one attached hydrogen (secondary N) is 1. The van der Waals surface area contributed by atoms with E-state index >= 15 is 0 Å². The molecular weight excluding hydrogens is 294 g/mol. The zero-order valence-corrected chi connectivity index (χ0v) is 13.2. The number of carbonyl (C=O) groups is 1. The molecule has 0 radical (unpaired) electrons. The topological polar surface area (TPSA) is 84.2 Å². The fraction of sp³-hybridized carbons (Fsp3) is 0.250. The van der Waals surface area contributed by atoms with Crippen LogP contribution in [0.3, 0.4) is 0 Å². The lowest BCUT2D eigenvalue weighted by Crippen LogP contribution is -2.31. The molecule has 2 aromatic heterocycles. The van der Waals surface area contributed by atoms with Crippen LogP contribution >= 0.6 is 0 Å². The molecule has 0 atom stereocenters. The number of amides is 2. The maximum absolute atomic E-state index is 12.4. The number of hydrogen-bond acceptors (Lipinski definition) is 5. The first-order valence-electron chi connectivity index (χ1n) is 7.19. The van der Waals surface area contributed by atoms with Gasteiger partial charge in [0, 0.05) is 25.6 Å². The van der Waals surface area contributed by atoms with Crippen molar-refractivity contribution in [1.82, 2.24) is 20.0 Å². The molecule has 3 rings (SSSR count). The van der Waals surface area contributed by atoms with Gasteiger partial charge in [0.15, 0.2) is 5.82 Å². The first kappa shape index (κ1) is 15.0. The Morgan fingerprint density at radius 3 is 2.91 bits per heavy atom. The van der Waals surface area contributed by atoms with Crippen LogP contribution in [0.4, 0.5) is 10.5 Å². The number of aromatic nitrogens is 3. The normalized spacial score (nSPS) is 10.7. The molecule has 2 amide bonds. The van der Waals surface area contributed by atoms with Gasteiger partial charge >= 0.3 is 6.03 Å². The second-order valence-electron chi connectivity index (χ2n) is 5.40. The number of pyridine rings is 1. The van der Waals surface area contributed by atoms with E-state index in [-0.39, 0.29) is 12.6 Å². The number of carbonyl (C=O) groups excluding carboxylic acids is 1. The van der Waals surface area contributed by atoms with Gasteiger partial charge in [0.05, 0.1) is 17.7 Å². The molecule has 0 spiro atoms. The van der Waals surface area contributed by atoms with Gasteiger partial charge in [-0.1, -0.05) is 11.2 Å². The second kappa shape index (κ2) is 6.04. The molecule has 0 fully saturated rings. The predicted molar refractivity (Wildman–Crippen MR) is 86.0 cm³/mol. The SMILES string of the molecule is Cc1cc(NC(=O)N(C)Cc2noc(C)n2)c2ncccc2c1. The molecule has 7 heteroatoms. The van der Waals surface area contributed by atoms with E-state index < -0.39 is 0 Å². The van der Waals surface area contributed by atoms with E-state index in [2.05, 4.69) is 20.4 Å². The maximum Gasteiger partial charge on any atom is 0.322 e. The number of benzene rings is 1. The Morgan fingerprint density at radius 1 is 1.35 bits per heavy atom. The van der Waals surface area contributed by atoms with Crippen molar-refractivity contribution < 1.29 is 9.32 Å². The third-order valence-corrected chi connectivity index (χ3v) is 3.39. The number of fused-ring (bicyclic) bond motifs is 1. The van der Waals surface area contributed by atoms with Gasteiger partial charge in [0.25, 0.3) is 0 Å². The lowest BCUT2D eigenvalue weighted by Gasteiger charge is -2.17. The summed E-state index contributed by atoms with van der Waals surface area (Å²) in [6.07, 6.45) is 1.71. The van der Waals surface area contributed by atoms with Gasteiger partial charge in [-0.05, 0) is 30.7 Å². The van der Waals surface area contributed by atoms with E-state index in [4.69, 9.17) is 4.52 Å². The van der Waals surface area contributed by atoms with Crippen molar-refractivity contribution in [2.24, 2.45) is 0 Å². The molecule has 1 aromatic carbocycles. The quantitative estimate of drug-likeness (QED) is 0.804. The van der Waals surface area contributed by atoms with Gasteiger partial charge < -0.3 is 14.7 Å². The molecule has 0 unspecified atom stereocenters. The Hall–Kier alpha value is -2.96. The van der Waals surface area contributed by atoms with Crippen molar-refractivity contribution in [2.75, 3.05) is 12.4 Å². The molecule has 0 aliphatic heterocycles. The van der Waals surface area contributed by atoms with Crippen molar-refractivity contribution in [3.05, 3.63) is 47.7 Å². The van der Waals surface area contributed by atoms with Gasteiger partial charge in [0.1, 0.15) is 0 Å². The van der Waals surface area contributed by atoms with E-state index in [1.54, 1.807) is 20.2 Å². The minimum Gasteiger partial charge on any atom is -0.340 e. The van der Waals surface area contributed by atoms with Crippen LogP contribution in [0, 0.1) is 13.8 Å². The summed E-state index contributed by atoms with van der Waals surface area (Å²) in [6.45, 7) is 3.95. The van der Waals surface area contributed by atoms with Gasteiger partial charge in [-0.3, -0.25) is 4.98 Å². The third kappa shape index (κ3) is 3.28. The average Bonchev–Trinajstić information content (AvgIpc) is 2.92. The first-order chi connectivity index (χ1) is 11.0. The highest BCUT2D eigenvalue weighted by atomic mass is 16.5. The Kier molecular flexibility index (Phi) is 3.92. The highest BCUT2D eigenvalue weighted by molar-refractivity contribution is 5.99. The van der Waals surface area contributed by atoms with Crippen molar-refractivity contribution in [3.63, 3.8) is 0 Å². The molecule has 1 N–H and O–H groups in total. The fourth-order valence-electron chi connectivity index (χ4n) is 2.34. The molecule has 7 nitrogen and oxygen atoms in total. The average molecular weight is 311 g/mol. The monoisotopic (exact) mass is 311 g/mol. The van der Waals surface area contributed by atoms with Crippen molar-refractivity contribution >= 4 is 22.6 Å². The third-order valence-electron chi connectivity index (χ3n) is 3.39. The Bertz CT molecular complexity index is 859. The predicted octanol–water partition coefficient (Wildman–Crippen LogP) is 2.90. The zero-order chi connectivity index (χ0) is 16.4. The van der Waals surface area contributed by atoms with Crippen LogP contribution in [0.15, 0.2) is 35.0 Å². The molecule has 118 valence electrons. The zero-order valence-electron chi connectivity index (χ0n) is 13.2. The van der Waals surface area contributed by atoms with Gasteiger partial charge in [-0.25, -0.2) is 4.79 Å². The highest BCUT2D eigenvalue weighted by Crippen LogP contribution is 2.23. The van der Waals surface area contributed by atoms with E-state index in [1.807, 2.05) is 31.2 Å². The van der Waals surface area contributed by atoms with Crippen LogP contribution in [-0.2, 0) is 6.54 Å². The number of nitrogens with zero attached hydrogens (tertiary/aromatic N) is 4. The van der Waals surface area contributed by atoms with Crippen LogP contribution in [0.1, 0.15) is 17.3 Å². The largest absolute Gasteiger partial charge is 0.340 e. The number of rotatable bonds is 3. The standard InChI is InChI=1S/C16H17N5O2/c1-10-7-12-5-4-6-17-15(12)13(8-10)19-16(22)21(3)9-14-18-11(2)23-20-14/h4-8H,9H2,1-3H3,(H,19,22). The minimum absolute atomic E-state index is 0.259. The van der Waals surface area contributed by atoms with Gasteiger partial charge in [-0.2, -0.15) is 4.98 Å². The molecule has 23 heavy (non-hydrogen) atoms. The first-order valence-corrected chi connectivity index (χ1v) is 7.19. The van der Waals surface area contributed by atoms with E-state index in [0.717, 1.165) is 16.5 Å².